The Morgan fingerprint density at radius 3 is 2.64 bits per heavy atom. The van der Waals surface area contributed by atoms with Crippen molar-refractivity contribution in [3.05, 3.63) is 70.6 Å². The predicted octanol–water partition coefficient (Wildman–Crippen LogP) is 3.49. The molecule has 2 atom stereocenters. The van der Waals surface area contributed by atoms with Crippen LogP contribution < -0.4 is 10.5 Å². The quantitative estimate of drug-likeness (QED) is 0.486. The molecule has 1 amide bonds. The fraction of sp³-hybridized carbons (Fsp3) is 0.346. The van der Waals surface area contributed by atoms with E-state index in [1.165, 1.54) is 15.9 Å². The van der Waals surface area contributed by atoms with Crippen LogP contribution in [-0.4, -0.2) is 50.8 Å². The lowest BCUT2D eigenvalue weighted by Crippen LogP contribution is -2.55. The first kappa shape index (κ1) is 21.2. The zero-order valence-electron chi connectivity index (χ0n) is 19.5. The molecule has 2 unspecified atom stereocenters. The molecule has 170 valence electrons. The fourth-order valence-electron chi connectivity index (χ4n) is 5.11. The van der Waals surface area contributed by atoms with Crippen molar-refractivity contribution in [3.8, 4) is 0 Å². The van der Waals surface area contributed by atoms with Gasteiger partial charge in [0, 0.05) is 49.2 Å². The predicted molar refractivity (Wildman–Crippen MR) is 132 cm³/mol. The molecular formula is C26H29N5O2. The Morgan fingerprint density at radius 1 is 1.09 bits per heavy atom. The first-order valence-corrected chi connectivity index (χ1v) is 11.4. The second-order valence-corrected chi connectivity index (χ2v) is 9.06. The molecule has 7 heteroatoms. The van der Waals surface area contributed by atoms with E-state index in [0.717, 1.165) is 22.8 Å². The third-order valence-electron chi connectivity index (χ3n) is 6.82. The highest BCUT2D eigenvalue weighted by molar-refractivity contribution is 6.08. The topological polar surface area (TPSA) is 63.4 Å². The lowest BCUT2D eigenvalue weighted by molar-refractivity contribution is -0.134. The van der Waals surface area contributed by atoms with Crippen molar-refractivity contribution in [1.82, 2.24) is 19.2 Å². The third kappa shape index (κ3) is 3.48. The number of amides is 1. The number of fused-ring (bicyclic) bond motifs is 3. The van der Waals surface area contributed by atoms with Gasteiger partial charge in [0.2, 0.25) is 5.91 Å². The van der Waals surface area contributed by atoms with Crippen LogP contribution in [0, 0.1) is 6.92 Å². The minimum absolute atomic E-state index is 0.0345. The highest BCUT2D eigenvalue weighted by Crippen LogP contribution is 2.31. The average Bonchev–Trinajstić information content (AvgIpc) is 3.15. The molecule has 0 N–H and O–H groups in total. The minimum Gasteiger partial charge on any atom is -0.365 e. The number of piperazine rings is 1. The summed E-state index contributed by atoms with van der Waals surface area (Å²) in [4.78, 5) is 31.0. The molecule has 1 saturated heterocycles. The van der Waals surface area contributed by atoms with E-state index in [1.807, 2.05) is 40.7 Å². The lowest BCUT2D eigenvalue weighted by atomic mass is 10.1. The summed E-state index contributed by atoms with van der Waals surface area (Å²) in [5.74, 6) is 0.0345. The van der Waals surface area contributed by atoms with Crippen LogP contribution in [0.5, 0.6) is 0 Å². The maximum atomic E-state index is 13.7. The van der Waals surface area contributed by atoms with Crippen molar-refractivity contribution in [2.45, 2.75) is 32.9 Å². The summed E-state index contributed by atoms with van der Waals surface area (Å²) in [6.07, 6.45) is 1.72. The maximum absolute atomic E-state index is 13.7. The molecular weight excluding hydrogens is 414 g/mol. The Labute approximate surface area is 192 Å². The van der Waals surface area contributed by atoms with Gasteiger partial charge in [0.05, 0.1) is 11.7 Å². The maximum Gasteiger partial charge on any atom is 0.291 e. The van der Waals surface area contributed by atoms with Crippen molar-refractivity contribution >= 4 is 33.4 Å². The van der Waals surface area contributed by atoms with Crippen LogP contribution in [0.3, 0.4) is 0 Å². The van der Waals surface area contributed by atoms with Crippen molar-refractivity contribution in [2.75, 3.05) is 24.5 Å². The highest BCUT2D eigenvalue weighted by Gasteiger charge is 2.31. The summed E-state index contributed by atoms with van der Waals surface area (Å²) in [6.45, 7) is 8.23. The standard InChI is InChI=1S/C26H29N5O2/c1-17-8-7-9-20(14-17)30-13-12-29(16-18(30)2)25(32)19(3)31-23-11-6-5-10-21(23)22-15-27-28(4)26(33)24(22)31/h5-11,14-15,18-19H,12-13,16H2,1-4H3. The number of benzene rings is 2. The molecule has 0 bridgehead atoms. The number of rotatable bonds is 3. The highest BCUT2D eigenvalue weighted by atomic mass is 16.2. The van der Waals surface area contributed by atoms with Crippen LogP contribution in [0.15, 0.2) is 59.5 Å². The number of aryl methyl sites for hydroxylation is 2. The van der Waals surface area contributed by atoms with Gasteiger partial charge in [-0.05, 0) is 44.5 Å². The molecule has 0 aliphatic carbocycles. The first-order chi connectivity index (χ1) is 15.9. The van der Waals surface area contributed by atoms with Gasteiger partial charge >= 0.3 is 0 Å². The van der Waals surface area contributed by atoms with Crippen LogP contribution in [0.4, 0.5) is 5.69 Å². The molecule has 0 spiro atoms. The summed E-state index contributed by atoms with van der Waals surface area (Å²) in [7, 11) is 1.64. The summed E-state index contributed by atoms with van der Waals surface area (Å²) in [5.41, 5.74) is 3.64. The SMILES string of the molecule is Cc1cccc(N2CCN(C(=O)C(C)n3c4ccccc4c4cnn(C)c(=O)c43)CC2C)c1. The van der Waals surface area contributed by atoms with E-state index in [4.69, 9.17) is 0 Å². The zero-order valence-corrected chi connectivity index (χ0v) is 19.5. The molecule has 0 radical (unpaired) electrons. The van der Waals surface area contributed by atoms with Gasteiger partial charge < -0.3 is 14.4 Å². The van der Waals surface area contributed by atoms with Gasteiger partial charge in [-0.25, -0.2) is 4.68 Å². The Morgan fingerprint density at radius 2 is 1.88 bits per heavy atom. The van der Waals surface area contributed by atoms with E-state index in [0.29, 0.717) is 18.6 Å². The number of para-hydroxylation sites is 1. The van der Waals surface area contributed by atoms with Crippen molar-refractivity contribution < 1.29 is 4.79 Å². The van der Waals surface area contributed by atoms with E-state index in [1.54, 1.807) is 13.2 Å². The van der Waals surface area contributed by atoms with Gasteiger partial charge in [-0.2, -0.15) is 5.10 Å². The molecule has 4 aromatic rings. The molecule has 1 aliphatic heterocycles. The Bertz CT molecular complexity index is 1420. The van der Waals surface area contributed by atoms with Crippen LogP contribution >= 0.6 is 0 Å². The molecule has 33 heavy (non-hydrogen) atoms. The molecule has 2 aromatic carbocycles. The van der Waals surface area contributed by atoms with E-state index in [-0.39, 0.29) is 17.5 Å². The lowest BCUT2D eigenvalue weighted by Gasteiger charge is -2.42. The van der Waals surface area contributed by atoms with Crippen molar-refractivity contribution in [3.63, 3.8) is 0 Å². The molecule has 2 aromatic heterocycles. The van der Waals surface area contributed by atoms with E-state index in [2.05, 4.69) is 48.1 Å². The number of carbonyl (C=O) groups excluding carboxylic acids is 1. The normalized spacial score (nSPS) is 17.6. The second kappa shape index (κ2) is 8.06. The van der Waals surface area contributed by atoms with Gasteiger partial charge in [0.1, 0.15) is 11.6 Å². The average molecular weight is 444 g/mol. The monoisotopic (exact) mass is 443 g/mol. The Hall–Kier alpha value is -3.61. The molecule has 5 rings (SSSR count). The smallest absolute Gasteiger partial charge is 0.291 e. The van der Waals surface area contributed by atoms with Crippen LogP contribution in [-0.2, 0) is 11.8 Å². The van der Waals surface area contributed by atoms with Crippen molar-refractivity contribution in [1.29, 1.82) is 0 Å². The molecule has 1 fully saturated rings. The van der Waals surface area contributed by atoms with Crippen LogP contribution in [0.25, 0.3) is 21.8 Å². The summed E-state index contributed by atoms with van der Waals surface area (Å²) in [6, 6.07) is 16.0. The molecule has 3 heterocycles. The largest absolute Gasteiger partial charge is 0.365 e. The molecule has 1 aliphatic rings. The minimum atomic E-state index is -0.500. The summed E-state index contributed by atoms with van der Waals surface area (Å²) >= 11 is 0. The number of aromatic nitrogens is 3. The summed E-state index contributed by atoms with van der Waals surface area (Å²) in [5, 5.41) is 5.93. The van der Waals surface area contributed by atoms with Crippen LogP contribution in [0.1, 0.15) is 25.5 Å². The summed E-state index contributed by atoms with van der Waals surface area (Å²) < 4.78 is 3.23. The number of anilines is 1. The number of hydrogen-bond donors (Lipinski definition) is 0. The van der Waals surface area contributed by atoms with E-state index in [9.17, 15) is 9.59 Å². The number of carbonyl (C=O) groups is 1. The van der Waals surface area contributed by atoms with Gasteiger partial charge in [0.25, 0.3) is 5.56 Å². The first-order valence-electron chi connectivity index (χ1n) is 11.4. The van der Waals surface area contributed by atoms with Crippen molar-refractivity contribution in [2.24, 2.45) is 7.05 Å². The second-order valence-electron chi connectivity index (χ2n) is 9.06. The Balaban J connectivity index is 1.48. The van der Waals surface area contributed by atoms with E-state index >= 15 is 0 Å². The zero-order chi connectivity index (χ0) is 23.3. The third-order valence-corrected chi connectivity index (χ3v) is 6.82. The van der Waals surface area contributed by atoms with Gasteiger partial charge in [-0.3, -0.25) is 9.59 Å². The van der Waals surface area contributed by atoms with Gasteiger partial charge in [-0.15, -0.1) is 0 Å². The molecule has 7 nitrogen and oxygen atoms in total. The fourth-order valence-corrected chi connectivity index (χ4v) is 5.11. The number of hydrogen-bond acceptors (Lipinski definition) is 4. The van der Waals surface area contributed by atoms with Gasteiger partial charge in [0.15, 0.2) is 0 Å². The van der Waals surface area contributed by atoms with E-state index < -0.39 is 6.04 Å². The van der Waals surface area contributed by atoms with Crippen LogP contribution in [0.2, 0.25) is 0 Å². The molecule has 0 saturated carbocycles. The van der Waals surface area contributed by atoms with Gasteiger partial charge in [-0.1, -0.05) is 30.3 Å². The Kier molecular flexibility index (Phi) is 5.19. The number of nitrogens with zero attached hydrogens (tertiary/aromatic N) is 5.